The van der Waals surface area contributed by atoms with Gasteiger partial charge in [-0.25, -0.2) is 9.97 Å². The third-order valence-electron chi connectivity index (χ3n) is 4.80. The van der Waals surface area contributed by atoms with Crippen molar-refractivity contribution in [3.05, 3.63) is 18.5 Å². The highest BCUT2D eigenvalue weighted by Crippen LogP contribution is 2.25. The van der Waals surface area contributed by atoms with Gasteiger partial charge in [0.25, 0.3) is 0 Å². The predicted molar refractivity (Wildman–Crippen MR) is 86.2 cm³/mol. The molecule has 0 atom stereocenters. The Morgan fingerprint density at radius 3 is 2.04 bits per heavy atom. The molecule has 142 valence electrons. The second kappa shape index (κ2) is 7.46. The van der Waals surface area contributed by atoms with Crippen molar-refractivity contribution in [3.8, 4) is 0 Å². The molecule has 0 unspecified atom stereocenters. The third-order valence-corrected chi connectivity index (χ3v) is 4.80. The van der Waals surface area contributed by atoms with Crippen LogP contribution in [0.5, 0.6) is 0 Å². The van der Waals surface area contributed by atoms with E-state index in [1.54, 1.807) is 23.4 Å². The van der Waals surface area contributed by atoms with Crippen LogP contribution < -0.4 is 4.90 Å². The number of piperazine rings is 1. The van der Waals surface area contributed by atoms with Crippen LogP contribution in [0.15, 0.2) is 18.5 Å². The van der Waals surface area contributed by atoms with E-state index in [9.17, 15) is 22.8 Å². The highest BCUT2D eigenvalue weighted by Gasteiger charge is 2.44. The van der Waals surface area contributed by atoms with Crippen LogP contribution in [0.1, 0.15) is 12.8 Å². The molecule has 2 aliphatic heterocycles. The smallest absolute Gasteiger partial charge is 0.339 e. The number of aromatic nitrogens is 2. The Balaban J connectivity index is 1.48. The minimum absolute atomic E-state index is 0.0351. The normalized spacial score (nSPS) is 19.6. The van der Waals surface area contributed by atoms with E-state index in [0.29, 0.717) is 32.1 Å². The average molecular weight is 371 g/mol. The highest BCUT2D eigenvalue weighted by molar-refractivity contribution is 5.83. The van der Waals surface area contributed by atoms with Gasteiger partial charge < -0.3 is 14.7 Å². The fourth-order valence-corrected chi connectivity index (χ4v) is 3.35. The molecular formula is C16H20F3N5O2. The lowest BCUT2D eigenvalue weighted by Gasteiger charge is -2.38. The number of nitrogens with zero attached hydrogens (tertiary/aromatic N) is 5. The van der Waals surface area contributed by atoms with Crippen LogP contribution in [0.2, 0.25) is 0 Å². The van der Waals surface area contributed by atoms with Crippen LogP contribution >= 0.6 is 0 Å². The molecule has 3 heterocycles. The summed E-state index contributed by atoms with van der Waals surface area (Å²) in [4.78, 5) is 36.8. The number of halogens is 3. The maximum atomic E-state index is 12.6. The van der Waals surface area contributed by atoms with Gasteiger partial charge in [-0.05, 0) is 18.9 Å². The van der Waals surface area contributed by atoms with Crippen LogP contribution in [0.25, 0.3) is 0 Å². The molecular weight excluding hydrogens is 351 g/mol. The number of carbonyl (C=O) groups excluding carboxylic acids is 2. The zero-order chi connectivity index (χ0) is 18.7. The van der Waals surface area contributed by atoms with Crippen molar-refractivity contribution < 1.29 is 22.8 Å². The van der Waals surface area contributed by atoms with Crippen LogP contribution in [-0.2, 0) is 9.59 Å². The summed E-state index contributed by atoms with van der Waals surface area (Å²) >= 11 is 0. The fraction of sp³-hybridized carbons (Fsp3) is 0.625. The summed E-state index contributed by atoms with van der Waals surface area (Å²) in [7, 11) is 0. The largest absolute Gasteiger partial charge is 0.471 e. The van der Waals surface area contributed by atoms with E-state index >= 15 is 0 Å². The molecule has 0 aliphatic carbocycles. The van der Waals surface area contributed by atoms with E-state index in [1.165, 1.54) is 0 Å². The van der Waals surface area contributed by atoms with Crippen molar-refractivity contribution in [2.75, 3.05) is 44.2 Å². The van der Waals surface area contributed by atoms with Gasteiger partial charge in [0.2, 0.25) is 11.9 Å². The van der Waals surface area contributed by atoms with E-state index in [0.717, 1.165) is 4.90 Å². The zero-order valence-electron chi connectivity index (χ0n) is 14.2. The van der Waals surface area contributed by atoms with Gasteiger partial charge in [-0.1, -0.05) is 0 Å². The summed E-state index contributed by atoms with van der Waals surface area (Å²) in [5.74, 6) is -1.57. The Kier molecular flexibility index (Phi) is 5.28. The van der Waals surface area contributed by atoms with E-state index in [1.807, 2.05) is 4.90 Å². The second-order valence-corrected chi connectivity index (χ2v) is 6.43. The molecule has 1 aromatic heterocycles. The molecule has 2 aliphatic rings. The Labute approximate surface area is 148 Å². The molecule has 2 fully saturated rings. The maximum Gasteiger partial charge on any atom is 0.471 e. The summed E-state index contributed by atoms with van der Waals surface area (Å²) in [5.41, 5.74) is 0. The van der Waals surface area contributed by atoms with Crippen molar-refractivity contribution in [2.45, 2.75) is 19.0 Å². The van der Waals surface area contributed by atoms with Crippen LogP contribution in [0.4, 0.5) is 19.1 Å². The van der Waals surface area contributed by atoms with Crippen molar-refractivity contribution in [2.24, 2.45) is 5.92 Å². The molecule has 0 radical (unpaired) electrons. The van der Waals surface area contributed by atoms with Gasteiger partial charge in [0.05, 0.1) is 0 Å². The van der Waals surface area contributed by atoms with Gasteiger partial charge in [0, 0.05) is 57.6 Å². The fourth-order valence-electron chi connectivity index (χ4n) is 3.35. The monoisotopic (exact) mass is 371 g/mol. The second-order valence-electron chi connectivity index (χ2n) is 6.43. The molecule has 0 saturated carbocycles. The SMILES string of the molecule is O=C(C1CCN(C(=O)C(F)(F)F)CC1)N1CCN(c2ncccn2)CC1. The van der Waals surface area contributed by atoms with Gasteiger partial charge in [-0.3, -0.25) is 9.59 Å². The number of alkyl halides is 3. The molecule has 10 heteroatoms. The van der Waals surface area contributed by atoms with Crippen LogP contribution in [0, 0.1) is 5.92 Å². The average Bonchev–Trinajstić information content (AvgIpc) is 2.67. The van der Waals surface area contributed by atoms with Crippen molar-refractivity contribution >= 4 is 17.8 Å². The summed E-state index contributed by atoms with van der Waals surface area (Å²) < 4.78 is 37.4. The number of amides is 2. The molecule has 2 saturated heterocycles. The van der Waals surface area contributed by atoms with Crippen molar-refractivity contribution in [1.82, 2.24) is 19.8 Å². The molecule has 26 heavy (non-hydrogen) atoms. The first kappa shape index (κ1) is 18.4. The van der Waals surface area contributed by atoms with E-state index in [4.69, 9.17) is 0 Å². The first-order chi connectivity index (χ1) is 12.4. The number of hydrogen-bond acceptors (Lipinski definition) is 5. The number of piperidine rings is 1. The molecule has 0 spiro atoms. The minimum atomic E-state index is -4.85. The van der Waals surface area contributed by atoms with Crippen LogP contribution in [0.3, 0.4) is 0 Å². The molecule has 7 nitrogen and oxygen atoms in total. The summed E-state index contributed by atoms with van der Waals surface area (Å²) in [6.45, 7) is 2.21. The van der Waals surface area contributed by atoms with E-state index in [2.05, 4.69) is 9.97 Å². The van der Waals surface area contributed by atoms with Crippen molar-refractivity contribution in [1.29, 1.82) is 0 Å². The minimum Gasteiger partial charge on any atom is -0.339 e. The molecule has 2 amide bonds. The zero-order valence-corrected chi connectivity index (χ0v) is 14.2. The van der Waals surface area contributed by atoms with Crippen molar-refractivity contribution in [3.63, 3.8) is 0 Å². The lowest BCUT2D eigenvalue weighted by Crippen LogP contribution is -2.53. The molecule has 1 aromatic rings. The summed E-state index contributed by atoms with van der Waals surface area (Å²) in [5, 5.41) is 0. The summed E-state index contributed by atoms with van der Waals surface area (Å²) in [6.07, 6.45) is -0.996. The lowest BCUT2D eigenvalue weighted by atomic mass is 9.95. The number of rotatable bonds is 2. The Hall–Kier alpha value is -2.39. The topological polar surface area (TPSA) is 69.6 Å². The molecule has 3 rings (SSSR count). The van der Waals surface area contributed by atoms with Gasteiger partial charge in [0.1, 0.15) is 0 Å². The number of hydrogen-bond donors (Lipinski definition) is 0. The highest BCUT2D eigenvalue weighted by atomic mass is 19.4. The van der Waals surface area contributed by atoms with Gasteiger partial charge in [0.15, 0.2) is 0 Å². The van der Waals surface area contributed by atoms with Gasteiger partial charge in [-0.15, -0.1) is 0 Å². The quantitative estimate of drug-likeness (QED) is 0.774. The van der Waals surface area contributed by atoms with Gasteiger partial charge >= 0.3 is 12.1 Å². The first-order valence-corrected chi connectivity index (χ1v) is 8.53. The number of carbonyl (C=O) groups is 2. The maximum absolute atomic E-state index is 12.6. The first-order valence-electron chi connectivity index (χ1n) is 8.53. The number of likely N-dealkylation sites (tertiary alicyclic amines) is 1. The van der Waals surface area contributed by atoms with E-state index < -0.39 is 12.1 Å². The van der Waals surface area contributed by atoms with Crippen LogP contribution in [-0.4, -0.2) is 77.0 Å². The van der Waals surface area contributed by atoms with Gasteiger partial charge in [-0.2, -0.15) is 13.2 Å². The predicted octanol–water partition coefficient (Wildman–Crippen LogP) is 0.926. The summed E-state index contributed by atoms with van der Waals surface area (Å²) in [6, 6.07) is 1.74. The Morgan fingerprint density at radius 1 is 0.923 bits per heavy atom. The molecule has 0 bridgehead atoms. The third kappa shape index (κ3) is 4.05. The Bertz CT molecular complexity index is 639. The molecule has 0 aromatic carbocycles. The number of anilines is 1. The lowest BCUT2D eigenvalue weighted by molar-refractivity contribution is -0.187. The Morgan fingerprint density at radius 2 is 1.50 bits per heavy atom. The van der Waals surface area contributed by atoms with E-state index in [-0.39, 0.29) is 37.8 Å². The molecule has 0 N–H and O–H groups in total. The standard InChI is InChI=1S/C16H20F3N5O2/c17-16(18,19)14(26)23-6-2-12(3-7-23)13(25)22-8-10-24(11-9-22)15-20-4-1-5-21-15/h1,4-5,12H,2-3,6-11H2.